The highest BCUT2D eigenvalue weighted by atomic mass is 35.5. The summed E-state index contributed by atoms with van der Waals surface area (Å²) in [7, 11) is 0. The Labute approximate surface area is 97.0 Å². The zero-order valence-electron chi connectivity index (χ0n) is 8.42. The molecule has 0 aliphatic rings. The summed E-state index contributed by atoms with van der Waals surface area (Å²) in [5.41, 5.74) is 0.529. The van der Waals surface area contributed by atoms with Crippen molar-refractivity contribution in [1.82, 2.24) is 5.32 Å². The van der Waals surface area contributed by atoms with Gasteiger partial charge in [0.15, 0.2) is 0 Å². The van der Waals surface area contributed by atoms with E-state index in [1.165, 1.54) is 12.1 Å². The van der Waals surface area contributed by atoms with E-state index >= 15 is 0 Å². The molecule has 0 heterocycles. The molecule has 6 heteroatoms. The lowest BCUT2D eigenvalue weighted by Gasteiger charge is -2.11. The molecular weight excluding hydrogens is 240 g/mol. The molecule has 90 valence electrons. The van der Waals surface area contributed by atoms with E-state index in [2.05, 4.69) is 10.1 Å². The van der Waals surface area contributed by atoms with Crippen molar-refractivity contribution in [3.8, 4) is 5.75 Å². The molecule has 0 aliphatic carbocycles. The van der Waals surface area contributed by atoms with E-state index in [9.17, 15) is 8.78 Å². The molecule has 0 spiro atoms. The molecule has 0 aliphatic heterocycles. The second-order valence-electron chi connectivity index (χ2n) is 3.03. The van der Waals surface area contributed by atoms with Crippen LogP contribution in [0, 0.1) is 0 Å². The summed E-state index contributed by atoms with van der Waals surface area (Å²) in [5.74, 6) is 0.0878. The Bertz CT molecular complexity index is 337. The SMILES string of the molecule is OCCNCc1cc(Cl)ccc1OC(F)F. The molecule has 3 nitrogen and oxygen atoms in total. The van der Waals surface area contributed by atoms with Gasteiger partial charge in [-0.2, -0.15) is 8.78 Å². The highest BCUT2D eigenvalue weighted by molar-refractivity contribution is 6.30. The first-order valence-electron chi connectivity index (χ1n) is 4.68. The third kappa shape index (κ3) is 4.30. The standard InChI is InChI=1S/C10H12ClF2NO2/c11-8-1-2-9(16-10(12)13)7(5-8)6-14-3-4-15/h1-2,5,10,14-15H,3-4,6H2. The summed E-state index contributed by atoms with van der Waals surface area (Å²) in [5, 5.41) is 11.9. The number of hydrogen-bond acceptors (Lipinski definition) is 3. The fourth-order valence-corrected chi connectivity index (χ4v) is 1.39. The van der Waals surface area contributed by atoms with Crippen molar-refractivity contribution in [3.63, 3.8) is 0 Å². The highest BCUT2D eigenvalue weighted by Crippen LogP contribution is 2.24. The Morgan fingerprint density at radius 2 is 2.19 bits per heavy atom. The second kappa shape index (κ2) is 6.62. The smallest absolute Gasteiger partial charge is 0.387 e. The molecule has 2 N–H and O–H groups in total. The minimum atomic E-state index is -2.86. The third-order valence-corrected chi connectivity index (χ3v) is 2.08. The zero-order valence-corrected chi connectivity index (χ0v) is 9.18. The molecule has 1 aromatic carbocycles. The van der Waals surface area contributed by atoms with Crippen LogP contribution in [-0.2, 0) is 6.54 Å². The van der Waals surface area contributed by atoms with Gasteiger partial charge >= 0.3 is 6.61 Å². The van der Waals surface area contributed by atoms with Gasteiger partial charge in [0.1, 0.15) is 5.75 Å². The first kappa shape index (κ1) is 13.2. The van der Waals surface area contributed by atoms with Crippen LogP contribution < -0.4 is 10.1 Å². The van der Waals surface area contributed by atoms with Crippen LogP contribution in [-0.4, -0.2) is 24.9 Å². The summed E-state index contributed by atoms with van der Waals surface area (Å²) in [6.45, 7) is -2.20. The number of ether oxygens (including phenoxy) is 1. The molecule has 0 radical (unpaired) electrons. The van der Waals surface area contributed by atoms with E-state index < -0.39 is 6.61 Å². The maximum atomic E-state index is 12.1. The van der Waals surface area contributed by atoms with Crippen molar-refractivity contribution in [2.45, 2.75) is 13.2 Å². The largest absolute Gasteiger partial charge is 0.434 e. The molecule has 0 saturated carbocycles. The normalized spacial score (nSPS) is 10.8. The van der Waals surface area contributed by atoms with Crippen LogP contribution in [0.1, 0.15) is 5.56 Å². The Hall–Kier alpha value is -0.910. The van der Waals surface area contributed by atoms with E-state index in [0.29, 0.717) is 23.7 Å². The number of nitrogens with one attached hydrogen (secondary N) is 1. The van der Waals surface area contributed by atoms with Crippen molar-refractivity contribution in [1.29, 1.82) is 0 Å². The topological polar surface area (TPSA) is 41.5 Å². The monoisotopic (exact) mass is 251 g/mol. The van der Waals surface area contributed by atoms with Gasteiger partial charge in [-0.25, -0.2) is 0 Å². The van der Waals surface area contributed by atoms with E-state index in [-0.39, 0.29) is 12.4 Å². The van der Waals surface area contributed by atoms with Crippen LogP contribution in [0.15, 0.2) is 18.2 Å². The van der Waals surface area contributed by atoms with Gasteiger partial charge in [0.05, 0.1) is 6.61 Å². The fraction of sp³-hybridized carbons (Fsp3) is 0.400. The van der Waals surface area contributed by atoms with Crippen LogP contribution in [0.25, 0.3) is 0 Å². The predicted molar refractivity (Wildman–Crippen MR) is 56.9 cm³/mol. The molecule has 16 heavy (non-hydrogen) atoms. The van der Waals surface area contributed by atoms with Gasteiger partial charge in [-0.05, 0) is 18.2 Å². The third-order valence-electron chi connectivity index (χ3n) is 1.84. The summed E-state index contributed by atoms with van der Waals surface area (Å²) in [4.78, 5) is 0. The van der Waals surface area contributed by atoms with Gasteiger partial charge < -0.3 is 15.2 Å². The van der Waals surface area contributed by atoms with Crippen molar-refractivity contribution in [3.05, 3.63) is 28.8 Å². The molecule has 1 aromatic rings. The minimum absolute atomic E-state index is 0.0222. The number of aliphatic hydroxyl groups is 1. The van der Waals surface area contributed by atoms with Gasteiger partial charge in [0.2, 0.25) is 0 Å². The Kier molecular flexibility index (Phi) is 5.45. The molecular formula is C10H12ClF2NO2. The second-order valence-corrected chi connectivity index (χ2v) is 3.47. The van der Waals surface area contributed by atoms with Crippen LogP contribution in [0.3, 0.4) is 0 Å². The molecule has 0 unspecified atom stereocenters. The molecule has 0 aromatic heterocycles. The predicted octanol–water partition coefficient (Wildman–Crippen LogP) is 2.02. The van der Waals surface area contributed by atoms with E-state index in [0.717, 1.165) is 0 Å². The highest BCUT2D eigenvalue weighted by Gasteiger charge is 2.09. The number of aliphatic hydroxyl groups excluding tert-OH is 1. The Balaban J connectivity index is 2.73. The molecule has 0 fully saturated rings. The summed E-state index contributed by atoms with van der Waals surface area (Å²) >= 11 is 5.75. The zero-order chi connectivity index (χ0) is 12.0. The van der Waals surface area contributed by atoms with Gasteiger partial charge in [-0.3, -0.25) is 0 Å². The van der Waals surface area contributed by atoms with Crippen LogP contribution in [0.5, 0.6) is 5.75 Å². The first-order chi connectivity index (χ1) is 7.63. The van der Waals surface area contributed by atoms with E-state index in [4.69, 9.17) is 16.7 Å². The molecule has 1 rings (SSSR count). The Morgan fingerprint density at radius 1 is 1.44 bits per heavy atom. The minimum Gasteiger partial charge on any atom is -0.434 e. The maximum Gasteiger partial charge on any atom is 0.387 e. The van der Waals surface area contributed by atoms with Gasteiger partial charge in [0.25, 0.3) is 0 Å². The number of halogens is 3. The van der Waals surface area contributed by atoms with Crippen LogP contribution in [0.4, 0.5) is 8.78 Å². The first-order valence-corrected chi connectivity index (χ1v) is 5.06. The van der Waals surface area contributed by atoms with Crippen molar-refractivity contribution < 1.29 is 18.6 Å². The summed E-state index contributed by atoms with van der Waals surface area (Å²) in [6, 6.07) is 4.42. The molecule has 0 bridgehead atoms. The number of benzene rings is 1. The number of hydrogen-bond donors (Lipinski definition) is 2. The molecule has 0 saturated heterocycles. The van der Waals surface area contributed by atoms with E-state index in [1.807, 2.05) is 0 Å². The van der Waals surface area contributed by atoms with Crippen molar-refractivity contribution in [2.24, 2.45) is 0 Å². The van der Waals surface area contributed by atoms with Crippen molar-refractivity contribution >= 4 is 11.6 Å². The maximum absolute atomic E-state index is 12.1. The average molecular weight is 252 g/mol. The lowest BCUT2D eigenvalue weighted by molar-refractivity contribution is -0.0505. The molecule has 0 amide bonds. The van der Waals surface area contributed by atoms with E-state index in [1.54, 1.807) is 6.07 Å². The quantitative estimate of drug-likeness (QED) is 0.760. The van der Waals surface area contributed by atoms with Gasteiger partial charge in [0, 0.05) is 23.7 Å². The summed E-state index contributed by atoms with van der Waals surface area (Å²) < 4.78 is 28.5. The van der Waals surface area contributed by atoms with Crippen molar-refractivity contribution in [2.75, 3.05) is 13.2 Å². The van der Waals surface area contributed by atoms with Gasteiger partial charge in [-0.1, -0.05) is 11.6 Å². The number of rotatable bonds is 6. The average Bonchev–Trinajstić information content (AvgIpc) is 2.22. The lowest BCUT2D eigenvalue weighted by Crippen LogP contribution is -2.18. The van der Waals surface area contributed by atoms with Gasteiger partial charge in [-0.15, -0.1) is 0 Å². The number of alkyl halides is 2. The molecule has 0 atom stereocenters. The lowest BCUT2D eigenvalue weighted by atomic mass is 10.2. The summed E-state index contributed by atoms with van der Waals surface area (Å²) in [6.07, 6.45) is 0. The Morgan fingerprint density at radius 3 is 2.81 bits per heavy atom. The van der Waals surface area contributed by atoms with Crippen LogP contribution >= 0.6 is 11.6 Å². The fourth-order valence-electron chi connectivity index (χ4n) is 1.20. The van der Waals surface area contributed by atoms with Crippen LogP contribution in [0.2, 0.25) is 5.02 Å².